The predicted molar refractivity (Wildman–Crippen MR) is 70.6 cm³/mol. The molecule has 0 spiro atoms. The molecule has 2 N–H and O–H groups in total. The smallest absolute Gasteiger partial charge is 0.408 e. The quantitative estimate of drug-likeness (QED) is 0.889. The molecule has 0 aromatic heterocycles. The molecule has 100 valence electrons. The van der Waals surface area contributed by atoms with Crippen molar-refractivity contribution in [1.29, 1.82) is 0 Å². The lowest BCUT2D eigenvalue weighted by molar-refractivity contribution is 0.0482. The Hall–Kier alpha value is -1.26. The van der Waals surface area contributed by atoms with Crippen LogP contribution in [-0.4, -0.2) is 23.4 Å². The fourth-order valence-corrected chi connectivity index (χ4v) is 1.51. The van der Waals surface area contributed by atoms with Gasteiger partial charge in [0.15, 0.2) is 0 Å². The summed E-state index contributed by atoms with van der Waals surface area (Å²) in [5, 5.41) is 12.5. The number of benzene rings is 1. The van der Waals surface area contributed by atoms with Crippen molar-refractivity contribution in [2.75, 3.05) is 6.61 Å². The Balaban J connectivity index is 2.68. The van der Waals surface area contributed by atoms with Crippen LogP contribution in [0.1, 0.15) is 32.4 Å². The first-order valence-corrected chi connectivity index (χ1v) is 6.05. The van der Waals surface area contributed by atoms with Gasteiger partial charge >= 0.3 is 6.09 Å². The molecule has 5 heteroatoms. The molecule has 0 saturated heterocycles. The number of aliphatic hydroxyl groups is 1. The van der Waals surface area contributed by atoms with Crippen molar-refractivity contribution in [3.8, 4) is 0 Å². The number of hydrogen-bond donors (Lipinski definition) is 2. The van der Waals surface area contributed by atoms with Crippen LogP contribution >= 0.6 is 11.6 Å². The van der Waals surface area contributed by atoms with Crippen molar-refractivity contribution in [1.82, 2.24) is 5.32 Å². The van der Waals surface area contributed by atoms with Gasteiger partial charge in [-0.15, -0.1) is 0 Å². The molecule has 0 aliphatic heterocycles. The van der Waals surface area contributed by atoms with Crippen molar-refractivity contribution in [3.63, 3.8) is 0 Å². The van der Waals surface area contributed by atoms with Crippen LogP contribution in [0.4, 0.5) is 4.79 Å². The fourth-order valence-electron chi connectivity index (χ4n) is 1.38. The van der Waals surface area contributed by atoms with Crippen molar-refractivity contribution in [2.24, 2.45) is 0 Å². The summed E-state index contributed by atoms with van der Waals surface area (Å²) in [6.45, 7) is 5.13. The van der Waals surface area contributed by atoms with Gasteiger partial charge in [-0.1, -0.05) is 23.7 Å². The highest BCUT2D eigenvalue weighted by Gasteiger charge is 2.19. The van der Waals surface area contributed by atoms with Crippen LogP contribution in [0.15, 0.2) is 24.3 Å². The number of halogens is 1. The summed E-state index contributed by atoms with van der Waals surface area (Å²) in [5.74, 6) is 0. The van der Waals surface area contributed by atoms with Crippen LogP contribution in [-0.2, 0) is 4.74 Å². The van der Waals surface area contributed by atoms with Crippen LogP contribution in [0, 0.1) is 0 Å². The standard InChI is InChI=1S/C13H18ClNO3/c1-13(2,3)18-12(17)15-11(8-16)9-4-6-10(14)7-5-9/h4-7,11,16H,8H2,1-3H3,(H,15,17)/t11-/m1/s1. The molecule has 0 aliphatic carbocycles. The van der Waals surface area contributed by atoms with Gasteiger partial charge in [0.2, 0.25) is 0 Å². The monoisotopic (exact) mass is 271 g/mol. The number of rotatable bonds is 3. The summed E-state index contributed by atoms with van der Waals surface area (Å²) in [4.78, 5) is 11.6. The normalized spacial score (nSPS) is 12.9. The lowest BCUT2D eigenvalue weighted by Gasteiger charge is -2.23. The molecule has 0 heterocycles. The average molecular weight is 272 g/mol. The number of hydrogen-bond acceptors (Lipinski definition) is 3. The van der Waals surface area contributed by atoms with Crippen LogP contribution in [0.25, 0.3) is 0 Å². The van der Waals surface area contributed by atoms with E-state index in [1.54, 1.807) is 45.0 Å². The van der Waals surface area contributed by atoms with E-state index in [0.717, 1.165) is 5.56 Å². The minimum Gasteiger partial charge on any atom is -0.444 e. The minimum absolute atomic E-state index is 0.207. The molecule has 0 bridgehead atoms. The molecular weight excluding hydrogens is 254 g/mol. The topological polar surface area (TPSA) is 58.6 Å². The summed E-state index contributed by atoms with van der Waals surface area (Å²) in [6.07, 6.45) is -0.559. The van der Waals surface area contributed by atoms with Gasteiger partial charge in [0, 0.05) is 5.02 Å². The molecule has 0 aliphatic rings. The van der Waals surface area contributed by atoms with Gasteiger partial charge in [-0.25, -0.2) is 4.79 Å². The molecule has 18 heavy (non-hydrogen) atoms. The third-order valence-corrected chi connectivity index (χ3v) is 2.40. The van der Waals surface area contributed by atoms with Crippen LogP contribution < -0.4 is 5.32 Å². The van der Waals surface area contributed by atoms with Crippen LogP contribution in [0.5, 0.6) is 0 Å². The van der Waals surface area contributed by atoms with Gasteiger partial charge in [-0.05, 0) is 38.5 Å². The Morgan fingerprint density at radius 1 is 1.39 bits per heavy atom. The number of aliphatic hydroxyl groups excluding tert-OH is 1. The van der Waals surface area contributed by atoms with E-state index in [4.69, 9.17) is 16.3 Å². The summed E-state index contributed by atoms with van der Waals surface area (Å²) >= 11 is 5.78. The minimum atomic E-state index is -0.565. The van der Waals surface area contributed by atoms with Crippen molar-refractivity contribution < 1.29 is 14.6 Å². The Labute approximate surface area is 112 Å². The third kappa shape index (κ3) is 4.94. The number of carbonyl (C=O) groups excluding carboxylic acids is 1. The van der Waals surface area contributed by atoms with Gasteiger partial charge in [-0.2, -0.15) is 0 Å². The van der Waals surface area contributed by atoms with E-state index in [1.807, 2.05) is 0 Å². The van der Waals surface area contributed by atoms with Gasteiger partial charge in [-0.3, -0.25) is 0 Å². The number of carbonyl (C=O) groups is 1. The molecule has 1 aromatic carbocycles. The maximum atomic E-state index is 11.6. The molecule has 0 radical (unpaired) electrons. The van der Waals surface area contributed by atoms with E-state index in [-0.39, 0.29) is 6.61 Å². The van der Waals surface area contributed by atoms with E-state index < -0.39 is 17.7 Å². The Kier molecular flexibility index (Phi) is 4.99. The van der Waals surface area contributed by atoms with E-state index in [2.05, 4.69) is 5.32 Å². The fraction of sp³-hybridized carbons (Fsp3) is 0.462. The van der Waals surface area contributed by atoms with E-state index >= 15 is 0 Å². The summed E-state index contributed by atoms with van der Waals surface area (Å²) in [5.41, 5.74) is 0.206. The maximum Gasteiger partial charge on any atom is 0.408 e. The Morgan fingerprint density at radius 3 is 2.39 bits per heavy atom. The third-order valence-electron chi connectivity index (χ3n) is 2.15. The number of nitrogens with one attached hydrogen (secondary N) is 1. The number of alkyl carbamates (subject to hydrolysis) is 1. The molecule has 1 atom stereocenters. The SMILES string of the molecule is CC(C)(C)OC(=O)N[C@H](CO)c1ccc(Cl)cc1. The Bertz CT molecular complexity index is 398. The number of ether oxygens (including phenoxy) is 1. The van der Waals surface area contributed by atoms with Gasteiger partial charge in [0.05, 0.1) is 12.6 Å². The van der Waals surface area contributed by atoms with Crippen LogP contribution in [0.2, 0.25) is 5.02 Å². The molecule has 1 aromatic rings. The molecule has 0 unspecified atom stereocenters. The van der Waals surface area contributed by atoms with Crippen molar-refractivity contribution in [3.05, 3.63) is 34.9 Å². The molecule has 0 saturated carbocycles. The first-order valence-electron chi connectivity index (χ1n) is 5.67. The largest absolute Gasteiger partial charge is 0.444 e. The number of amides is 1. The molecule has 0 fully saturated rings. The second kappa shape index (κ2) is 6.07. The zero-order valence-electron chi connectivity index (χ0n) is 10.7. The van der Waals surface area contributed by atoms with E-state index in [9.17, 15) is 9.90 Å². The average Bonchev–Trinajstić information content (AvgIpc) is 2.25. The summed E-state index contributed by atoms with van der Waals surface area (Å²) < 4.78 is 5.13. The molecule has 1 rings (SSSR count). The highest BCUT2D eigenvalue weighted by atomic mass is 35.5. The second-order valence-corrected chi connectivity index (χ2v) is 5.37. The van der Waals surface area contributed by atoms with Gasteiger partial charge in [0.1, 0.15) is 5.60 Å². The molecule has 1 amide bonds. The lowest BCUT2D eigenvalue weighted by atomic mass is 10.1. The molecule has 4 nitrogen and oxygen atoms in total. The van der Waals surface area contributed by atoms with Crippen molar-refractivity contribution in [2.45, 2.75) is 32.4 Å². The summed E-state index contributed by atoms with van der Waals surface area (Å²) in [7, 11) is 0. The second-order valence-electron chi connectivity index (χ2n) is 4.93. The maximum absolute atomic E-state index is 11.6. The predicted octanol–water partition coefficient (Wildman–Crippen LogP) is 2.90. The summed E-state index contributed by atoms with van der Waals surface area (Å²) in [6, 6.07) is 6.41. The zero-order valence-corrected chi connectivity index (χ0v) is 11.5. The highest BCUT2D eigenvalue weighted by molar-refractivity contribution is 6.30. The lowest BCUT2D eigenvalue weighted by Crippen LogP contribution is -2.36. The van der Waals surface area contributed by atoms with Crippen LogP contribution in [0.3, 0.4) is 0 Å². The molecular formula is C13H18ClNO3. The first-order chi connectivity index (χ1) is 8.31. The first kappa shape index (κ1) is 14.8. The Morgan fingerprint density at radius 2 is 1.94 bits per heavy atom. The van der Waals surface area contributed by atoms with Crippen molar-refractivity contribution >= 4 is 17.7 Å². The van der Waals surface area contributed by atoms with Gasteiger partial charge < -0.3 is 15.2 Å². The van der Waals surface area contributed by atoms with E-state index in [0.29, 0.717) is 5.02 Å². The van der Waals surface area contributed by atoms with Gasteiger partial charge in [0.25, 0.3) is 0 Å². The highest BCUT2D eigenvalue weighted by Crippen LogP contribution is 2.17. The van der Waals surface area contributed by atoms with E-state index in [1.165, 1.54) is 0 Å². The zero-order chi connectivity index (χ0) is 13.8.